The molecule has 1 saturated heterocycles. The van der Waals surface area contributed by atoms with E-state index in [2.05, 4.69) is 55.8 Å². The van der Waals surface area contributed by atoms with Crippen LogP contribution in [-0.2, 0) is 0 Å². The SMILES string of the molecule is CC(C)CN1CCC(c2ccc3[nH]c(C4=C/CCCC(=N)/C(C(F)(F)F)=C\4)c(C(C)C)c3c2)CC1. The van der Waals surface area contributed by atoms with Crippen LogP contribution in [0.15, 0.2) is 35.9 Å². The molecular formula is C29H38F3N3. The van der Waals surface area contributed by atoms with Gasteiger partial charge in [-0.2, -0.15) is 13.2 Å². The van der Waals surface area contributed by atoms with Crippen molar-refractivity contribution in [2.24, 2.45) is 5.92 Å². The summed E-state index contributed by atoms with van der Waals surface area (Å²) in [6.07, 6.45) is 2.19. The van der Waals surface area contributed by atoms with Crippen molar-refractivity contribution in [1.82, 2.24) is 9.88 Å². The van der Waals surface area contributed by atoms with Gasteiger partial charge in [0.1, 0.15) is 0 Å². The minimum atomic E-state index is -4.53. The molecule has 0 radical (unpaired) electrons. The van der Waals surface area contributed by atoms with Gasteiger partial charge in [0.25, 0.3) is 0 Å². The molecule has 2 heterocycles. The molecule has 3 nitrogen and oxygen atoms in total. The van der Waals surface area contributed by atoms with Crippen molar-refractivity contribution < 1.29 is 13.2 Å². The average molecular weight is 486 g/mol. The lowest BCUT2D eigenvalue weighted by atomic mass is 9.87. The largest absolute Gasteiger partial charge is 0.418 e. The number of nitrogens with zero attached hydrogens (tertiary/aromatic N) is 1. The first-order chi connectivity index (χ1) is 16.5. The van der Waals surface area contributed by atoms with Crippen LogP contribution in [0.5, 0.6) is 0 Å². The zero-order chi connectivity index (χ0) is 25.3. The molecule has 0 atom stereocenters. The normalized spacial score (nSPS) is 22.3. The van der Waals surface area contributed by atoms with Crippen LogP contribution in [-0.4, -0.2) is 41.4 Å². The van der Waals surface area contributed by atoms with Crippen LogP contribution in [0.2, 0.25) is 0 Å². The second kappa shape index (κ2) is 10.3. The van der Waals surface area contributed by atoms with E-state index in [9.17, 15) is 13.2 Å². The lowest BCUT2D eigenvalue weighted by Gasteiger charge is -2.33. The molecule has 2 aliphatic rings. The topological polar surface area (TPSA) is 42.9 Å². The highest BCUT2D eigenvalue weighted by Crippen LogP contribution is 2.39. The summed E-state index contributed by atoms with van der Waals surface area (Å²) in [6.45, 7) is 12.1. The molecule has 2 N–H and O–H groups in total. The zero-order valence-electron chi connectivity index (χ0n) is 21.4. The Hall–Kier alpha value is -2.34. The van der Waals surface area contributed by atoms with Gasteiger partial charge in [-0.3, -0.25) is 0 Å². The monoisotopic (exact) mass is 485 g/mol. The number of fused-ring (bicyclic) bond motifs is 1. The van der Waals surface area contributed by atoms with Crippen molar-refractivity contribution in [2.75, 3.05) is 19.6 Å². The van der Waals surface area contributed by atoms with Gasteiger partial charge < -0.3 is 15.3 Å². The summed E-state index contributed by atoms with van der Waals surface area (Å²) in [5, 5.41) is 9.11. The number of aromatic amines is 1. The molecular weight excluding hydrogens is 447 g/mol. The maximum atomic E-state index is 13.8. The molecule has 0 spiro atoms. The van der Waals surface area contributed by atoms with Crippen molar-refractivity contribution in [2.45, 2.75) is 77.8 Å². The smallest absolute Gasteiger partial charge is 0.354 e. The number of likely N-dealkylation sites (tertiary alicyclic amines) is 1. The van der Waals surface area contributed by atoms with Gasteiger partial charge in [-0.05, 0) is 97.9 Å². The van der Waals surface area contributed by atoms with E-state index in [1.54, 1.807) is 0 Å². The summed E-state index contributed by atoms with van der Waals surface area (Å²) < 4.78 is 41.3. The molecule has 190 valence electrons. The third-order valence-corrected chi connectivity index (χ3v) is 7.34. The van der Waals surface area contributed by atoms with E-state index in [0.717, 1.165) is 54.6 Å². The maximum absolute atomic E-state index is 13.8. The Labute approximate surface area is 207 Å². The summed E-state index contributed by atoms with van der Waals surface area (Å²) in [4.78, 5) is 6.00. The fourth-order valence-electron chi connectivity index (χ4n) is 5.68. The van der Waals surface area contributed by atoms with Gasteiger partial charge in [-0.1, -0.05) is 39.8 Å². The molecule has 1 aliphatic heterocycles. The maximum Gasteiger partial charge on any atom is 0.418 e. The molecule has 6 heteroatoms. The lowest BCUT2D eigenvalue weighted by Crippen LogP contribution is -2.35. The molecule has 0 saturated carbocycles. The van der Waals surface area contributed by atoms with E-state index in [1.807, 2.05) is 6.08 Å². The van der Waals surface area contributed by atoms with Gasteiger partial charge in [-0.25, -0.2) is 0 Å². The fraction of sp³-hybridized carbons (Fsp3) is 0.552. The van der Waals surface area contributed by atoms with Gasteiger partial charge in [-0.15, -0.1) is 0 Å². The molecule has 1 fully saturated rings. The van der Waals surface area contributed by atoms with Gasteiger partial charge in [0.05, 0.1) is 5.57 Å². The fourth-order valence-corrected chi connectivity index (χ4v) is 5.68. The number of aromatic nitrogens is 1. The first-order valence-electron chi connectivity index (χ1n) is 13.0. The van der Waals surface area contributed by atoms with E-state index in [-0.39, 0.29) is 18.1 Å². The van der Waals surface area contributed by atoms with Crippen molar-refractivity contribution in [3.8, 4) is 0 Å². The Morgan fingerprint density at radius 1 is 1.11 bits per heavy atom. The highest BCUT2D eigenvalue weighted by Gasteiger charge is 2.37. The summed E-state index contributed by atoms with van der Waals surface area (Å²) in [5.74, 6) is 1.34. The van der Waals surface area contributed by atoms with Crippen molar-refractivity contribution >= 4 is 22.2 Å². The average Bonchev–Trinajstić information content (AvgIpc) is 3.14. The summed E-state index contributed by atoms with van der Waals surface area (Å²) in [5.41, 5.74) is 3.51. The van der Waals surface area contributed by atoms with Crippen molar-refractivity contribution in [3.05, 3.63) is 52.7 Å². The number of alkyl halides is 3. The van der Waals surface area contributed by atoms with E-state index < -0.39 is 11.7 Å². The Bertz CT molecular complexity index is 1130. The van der Waals surface area contributed by atoms with Gasteiger partial charge in [0.15, 0.2) is 0 Å². The molecule has 1 aromatic heterocycles. The molecule has 1 aliphatic carbocycles. The second-order valence-corrected chi connectivity index (χ2v) is 10.9. The number of hydrogen-bond acceptors (Lipinski definition) is 2. The van der Waals surface area contributed by atoms with Gasteiger partial charge in [0.2, 0.25) is 0 Å². The van der Waals surface area contributed by atoms with E-state index in [0.29, 0.717) is 30.3 Å². The minimum Gasteiger partial charge on any atom is -0.354 e. The minimum absolute atomic E-state index is 0.149. The quantitative estimate of drug-likeness (QED) is 0.440. The number of halogens is 3. The zero-order valence-corrected chi connectivity index (χ0v) is 21.4. The van der Waals surface area contributed by atoms with Crippen LogP contribution in [0.1, 0.15) is 88.5 Å². The number of nitrogens with one attached hydrogen (secondary N) is 2. The van der Waals surface area contributed by atoms with E-state index in [1.165, 1.54) is 11.6 Å². The Balaban J connectivity index is 1.72. The number of rotatable bonds is 5. The lowest BCUT2D eigenvalue weighted by molar-refractivity contribution is -0.0862. The number of allylic oxidation sites excluding steroid dienone is 4. The first kappa shape index (κ1) is 25.7. The van der Waals surface area contributed by atoms with Crippen molar-refractivity contribution in [3.63, 3.8) is 0 Å². The predicted octanol–water partition coefficient (Wildman–Crippen LogP) is 8.20. The Morgan fingerprint density at radius 3 is 2.46 bits per heavy atom. The number of H-pyrrole nitrogens is 1. The van der Waals surface area contributed by atoms with Crippen LogP contribution >= 0.6 is 0 Å². The number of piperidine rings is 1. The molecule has 1 aromatic carbocycles. The number of benzene rings is 1. The van der Waals surface area contributed by atoms with Gasteiger partial charge >= 0.3 is 6.18 Å². The number of hydrogen-bond donors (Lipinski definition) is 2. The Kier molecular flexibility index (Phi) is 7.60. The van der Waals surface area contributed by atoms with Gasteiger partial charge in [0, 0.05) is 28.9 Å². The first-order valence-corrected chi connectivity index (χ1v) is 13.0. The van der Waals surface area contributed by atoms with Crippen LogP contribution in [0.4, 0.5) is 13.2 Å². The van der Waals surface area contributed by atoms with Crippen LogP contribution in [0, 0.1) is 11.3 Å². The summed E-state index contributed by atoms with van der Waals surface area (Å²) >= 11 is 0. The third kappa shape index (κ3) is 5.74. The molecule has 0 unspecified atom stereocenters. The molecule has 0 bridgehead atoms. The molecule has 4 rings (SSSR count). The standard InChI is InChI=1S/C29H38F3N3/c1-18(2)17-35-13-11-20(12-14-35)21-9-10-26-23(15-21)27(19(3)4)28(34-26)22-7-5-6-8-25(33)24(16-22)29(30,31)32/h7,9-10,15-16,18-20,33-34H,5-6,8,11-14,17H2,1-4H3/b22-7+,24-16+,33-25?. The van der Waals surface area contributed by atoms with Crippen LogP contribution in [0.3, 0.4) is 0 Å². The Morgan fingerprint density at radius 2 is 1.83 bits per heavy atom. The summed E-state index contributed by atoms with van der Waals surface area (Å²) in [6, 6.07) is 6.56. The van der Waals surface area contributed by atoms with E-state index >= 15 is 0 Å². The summed E-state index contributed by atoms with van der Waals surface area (Å²) in [7, 11) is 0. The highest BCUT2D eigenvalue weighted by molar-refractivity contribution is 6.02. The predicted molar refractivity (Wildman–Crippen MR) is 139 cm³/mol. The van der Waals surface area contributed by atoms with Crippen molar-refractivity contribution in [1.29, 1.82) is 5.41 Å². The van der Waals surface area contributed by atoms with E-state index in [4.69, 9.17) is 5.41 Å². The van der Waals surface area contributed by atoms with Crippen LogP contribution in [0.25, 0.3) is 16.5 Å². The van der Waals surface area contributed by atoms with Crippen LogP contribution < -0.4 is 0 Å². The third-order valence-electron chi connectivity index (χ3n) is 7.34. The molecule has 2 aromatic rings. The second-order valence-electron chi connectivity index (χ2n) is 10.9. The molecule has 35 heavy (non-hydrogen) atoms. The highest BCUT2D eigenvalue weighted by atomic mass is 19.4. The molecule has 0 amide bonds.